The molecular weight excluding hydrogens is 222 g/mol. The van der Waals surface area contributed by atoms with Crippen molar-refractivity contribution in [2.45, 2.75) is 13.5 Å². The Labute approximate surface area is 100 Å². The number of rotatable bonds is 7. The van der Waals surface area contributed by atoms with Crippen LogP contribution in [0.5, 0.6) is 0 Å². The van der Waals surface area contributed by atoms with Gasteiger partial charge in [0, 0.05) is 12.8 Å². The molecule has 0 amide bonds. The molecule has 0 spiro atoms. The fourth-order valence-corrected chi connectivity index (χ4v) is 1.21. The molecule has 0 unspecified atom stereocenters. The van der Waals surface area contributed by atoms with E-state index in [0.29, 0.717) is 32.1 Å². The van der Waals surface area contributed by atoms with Crippen molar-refractivity contribution in [2.24, 2.45) is 10.9 Å². The molecule has 0 saturated heterocycles. The molecule has 0 saturated carbocycles. The lowest BCUT2D eigenvalue weighted by molar-refractivity contribution is 0.0453. The SMILES string of the molecule is CCOCCOCc1ccnc(C(N)=NO)c1. The number of aromatic nitrogens is 1. The van der Waals surface area contributed by atoms with Crippen LogP contribution in [-0.4, -0.2) is 35.8 Å². The predicted molar refractivity (Wildman–Crippen MR) is 62.9 cm³/mol. The number of nitrogens with two attached hydrogens (primary N) is 1. The zero-order valence-electron chi connectivity index (χ0n) is 9.80. The van der Waals surface area contributed by atoms with Crippen LogP contribution < -0.4 is 5.73 Å². The molecule has 1 heterocycles. The van der Waals surface area contributed by atoms with E-state index in [2.05, 4.69) is 10.1 Å². The quantitative estimate of drug-likeness (QED) is 0.241. The number of pyridine rings is 1. The first-order chi connectivity index (χ1) is 8.27. The van der Waals surface area contributed by atoms with Crippen molar-refractivity contribution in [3.05, 3.63) is 29.6 Å². The summed E-state index contributed by atoms with van der Waals surface area (Å²) in [4.78, 5) is 3.97. The summed E-state index contributed by atoms with van der Waals surface area (Å²) in [5, 5.41) is 11.4. The topological polar surface area (TPSA) is 90.0 Å². The lowest BCUT2D eigenvalue weighted by Gasteiger charge is -2.05. The van der Waals surface area contributed by atoms with Gasteiger partial charge in [-0.1, -0.05) is 5.16 Å². The molecule has 0 fully saturated rings. The molecule has 17 heavy (non-hydrogen) atoms. The van der Waals surface area contributed by atoms with Gasteiger partial charge in [-0.3, -0.25) is 4.98 Å². The summed E-state index contributed by atoms with van der Waals surface area (Å²) in [6.07, 6.45) is 1.59. The Balaban J connectivity index is 2.43. The highest BCUT2D eigenvalue weighted by Gasteiger charge is 2.02. The van der Waals surface area contributed by atoms with Crippen molar-refractivity contribution in [2.75, 3.05) is 19.8 Å². The summed E-state index contributed by atoms with van der Waals surface area (Å²) in [6.45, 7) is 4.18. The average Bonchev–Trinajstić information content (AvgIpc) is 2.38. The minimum Gasteiger partial charge on any atom is -0.409 e. The van der Waals surface area contributed by atoms with Crippen molar-refractivity contribution < 1.29 is 14.7 Å². The van der Waals surface area contributed by atoms with Gasteiger partial charge in [-0.05, 0) is 24.6 Å². The molecule has 94 valence electrons. The molecule has 1 aromatic rings. The number of hydrogen-bond donors (Lipinski definition) is 2. The van der Waals surface area contributed by atoms with E-state index in [1.807, 2.05) is 13.0 Å². The van der Waals surface area contributed by atoms with Crippen LogP contribution >= 0.6 is 0 Å². The first-order valence-corrected chi connectivity index (χ1v) is 5.36. The van der Waals surface area contributed by atoms with Gasteiger partial charge in [0.2, 0.25) is 0 Å². The largest absolute Gasteiger partial charge is 0.409 e. The fourth-order valence-electron chi connectivity index (χ4n) is 1.21. The molecule has 1 aromatic heterocycles. The van der Waals surface area contributed by atoms with E-state index in [1.54, 1.807) is 12.3 Å². The second kappa shape index (κ2) is 7.59. The molecule has 6 heteroatoms. The van der Waals surface area contributed by atoms with E-state index in [0.717, 1.165) is 5.56 Å². The van der Waals surface area contributed by atoms with Crippen LogP contribution in [0.2, 0.25) is 0 Å². The van der Waals surface area contributed by atoms with Crippen molar-refractivity contribution in [3.8, 4) is 0 Å². The number of ether oxygens (including phenoxy) is 2. The third kappa shape index (κ3) is 4.80. The van der Waals surface area contributed by atoms with E-state index >= 15 is 0 Å². The van der Waals surface area contributed by atoms with Crippen molar-refractivity contribution in [1.29, 1.82) is 0 Å². The summed E-state index contributed by atoms with van der Waals surface area (Å²) in [6, 6.07) is 3.53. The van der Waals surface area contributed by atoms with Crippen LogP contribution in [0, 0.1) is 0 Å². The van der Waals surface area contributed by atoms with E-state index < -0.39 is 0 Å². The lowest BCUT2D eigenvalue weighted by atomic mass is 10.2. The second-order valence-corrected chi connectivity index (χ2v) is 3.28. The van der Waals surface area contributed by atoms with Gasteiger partial charge in [-0.25, -0.2) is 0 Å². The maximum atomic E-state index is 8.53. The number of nitrogens with zero attached hydrogens (tertiary/aromatic N) is 2. The number of amidine groups is 1. The van der Waals surface area contributed by atoms with Crippen LogP contribution in [-0.2, 0) is 16.1 Å². The van der Waals surface area contributed by atoms with E-state index in [9.17, 15) is 0 Å². The van der Waals surface area contributed by atoms with Gasteiger partial charge in [0.15, 0.2) is 5.84 Å². The molecule has 0 radical (unpaired) electrons. The summed E-state index contributed by atoms with van der Waals surface area (Å²) in [5.41, 5.74) is 6.78. The van der Waals surface area contributed by atoms with E-state index in [-0.39, 0.29) is 5.84 Å². The third-order valence-electron chi connectivity index (χ3n) is 2.04. The molecule has 0 bridgehead atoms. The van der Waals surface area contributed by atoms with Crippen LogP contribution in [0.3, 0.4) is 0 Å². The minimum absolute atomic E-state index is 0.0128. The normalized spacial score (nSPS) is 11.7. The van der Waals surface area contributed by atoms with E-state index in [4.69, 9.17) is 20.4 Å². The van der Waals surface area contributed by atoms with Gasteiger partial charge in [0.05, 0.1) is 19.8 Å². The lowest BCUT2D eigenvalue weighted by Crippen LogP contribution is -2.15. The zero-order chi connectivity index (χ0) is 12.5. The standard InChI is InChI=1S/C11H17N3O3/c1-2-16-5-6-17-8-9-3-4-13-10(7-9)11(12)14-15/h3-4,7,15H,2,5-6,8H2,1H3,(H2,12,14). The molecule has 0 aliphatic rings. The highest BCUT2D eigenvalue weighted by molar-refractivity contribution is 5.95. The van der Waals surface area contributed by atoms with Gasteiger partial charge in [-0.15, -0.1) is 0 Å². The Hall–Kier alpha value is -1.66. The monoisotopic (exact) mass is 239 g/mol. The minimum atomic E-state index is -0.0128. The Morgan fingerprint density at radius 1 is 1.47 bits per heavy atom. The average molecular weight is 239 g/mol. The molecular formula is C11H17N3O3. The fraction of sp³-hybridized carbons (Fsp3) is 0.455. The Bertz CT molecular complexity index is 369. The first-order valence-electron chi connectivity index (χ1n) is 5.36. The summed E-state index contributed by atoms with van der Waals surface area (Å²) >= 11 is 0. The summed E-state index contributed by atoms with van der Waals surface area (Å²) in [7, 11) is 0. The Kier molecular flexibility index (Phi) is 5.98. The van der Waals surface area contributed by atoms with Crippen molar-refractivity contribution in [1.82, 2.24) is 4.98 Å². The molecule has 0 aliphatic heterocycles. The van der Waals surface area contributed by atoms with E-state index in [1.165, 1.54) is 0 Å². The van der Waals surface area contributed by atoms with Gasteiger partial charge in [0.25, 0.3) is 0 Å². The smallest absolute Gasteiger partial charge is 0.188 e. The van der Waals surface area contributed by atoms with Gasteiger partial charge in [0.1, 0.15) is 5.69 Å². The zero-order valence-corrected chi connectivity index (χ0v) is 9.80. The first kappa shape index (κ1) is 13.4. The highest BCUT2D eigenvalue weighted by atomic mass is 16.5. The maximum Gasteiger partial charge on any atom is 0.188 e. The molecule has 0 atom stereocenters. The third-order valence-corrected chi connectivity index (χ3v) is 2.04. The highest BCUT2D eigenvalue weighted by Crippen LogP contribution is 2.03. The van der Waals surface area contributed by atoms with Crippen molar-refractivity contribution in [3.63, 3.8) is 0 Å². The van der Waals surface area contributed by atoms with Gasteiger partial charge in [-0.2, -0.15) is 0 Å². The second-order valence-electron chi connectivity index (χ2n) is 3.28. The Morgan fingerprint density at radius 2 is 2.24 bits per heavy atom. The molecule has 3 N–H and O–H groups in total. The molecule has 0 aromatic carbocycles. The molecule has 1 rings (SSSR count). The van der Waals surface area contributed by atoms with Crippen LogP contribution in [0.4, 0.5) is 0 Å². The number of hydrogen-bond acceptors (Lipinski definition) is 5. The maximum absolute atomic E-state index is 8.53. The van der Waals surface area contributed by atoms with Gasteiger partial charge < -0.3 is 20.4 Å². The van der Waals surface area contributed by atoms with Gasteiger partial charge >= 0.3 is 0 Å². The summed E-state index contributed by atoms with van der Waals surface area (Å²) < 4.78 is 10.5. The molecule has 0 aliphatic carbocycles. The van der Waals surface area contributed by atoms with Crippen molar-refractivity contribution >= 4 is 5.84 Å². The predicted octanol–water partition coefficient (Wildman–Crippen LogP) is 0.729. The van der Waals surface area contributed by atoms with Crippen LogP contribution in [0.25, 0.3) is 0 Å². The van der Waals surface area contributed by atoms with Crippen LogP contribution in [0.1, 0.15) is 18.2 Å². The Morgan fingerprint density at radius 3 is 2.94 bits per heavy atom. The summed E-state index contributed by atoms with van der Waals surface area (Å²) in [5.74, 6) is -0.0128. The van der Waals surface area contributed by atoms with Crippen LogP contribution in [0.15, 0.2) is 23.5 Å². The number of oxime groups is 1. The molecule has 6 nitrogen and oxygen atoms in total.